The van der Waals surface area contributed by atoms with Crippen LogP contribution in [0.15, 0.2) is 66.9 Å². The van der Waals surface area contributed by atoms with Gasteiger partial charge in [0, 0.05) is 36.9 Å². The summed E-state index contributed by atoms with van der Waals surface area (Å²) in [7, 11) is 1.92. The molecule has 1 unspecified atom stereocenters. The van der Waals surface area contributed by atoms with Gasteiger partial charge in [0.15, 0.2) is 11.5 Å². The number of carbonyl (C=O) groups is 1. The molecule has 2 aliphatic heterocycles. The van der Waals surface area contributed by atoms with Gasteiger partial charge in [-0.2, -0.15) is 0 Å². The Bertz CT molecular complexity index is 1150. The van der Waals surface area contributed by atoms with Crippen LogP contribution in [0.1, 0.15) is 34.5 Å². The van der Waals surface area contributed by atoms with Gasteiger partial charge in [-0.05, 0) is 67.6 Å². The van der Waals surface area contributed by atoms with Crippen molar-refractivity contribution in [2.24, 2.45) is 5.92 Å². The molecule has 5 rings (SSSR count). The van der Waals surface area contributed by atoms with Gasteiger partial charge in [0.1, 0.15) is 5.69 Å². The zero-order chi connectivity index (χ0) is 24.2. The number of piperidine rings is 1. The molecule has 0 bridgehead atoms. The van der Waals surface area contributed by atoms with E-state index >= 15 is 0 Å². The second-order valence-electron chi connectivity index (χ2n) is 9.30. The van der Waals surface area contributed by atoms with Crippen molar-refractivity contribution in [3.8, 4) is 11.5 Å². The standard InChI is InChI=1S/C28H30ClN3O3/c1-31(28(33)24-9-5-6-12-30-24)25(15-20-7-3-2-4-8-20)21-10-13-32(14-11-21)18-22-16-26-27(17-23(22)29)35-19-34-26/h2-9,12,16-17,21,25H,10-11,13-15,18-19H2,1H3. The number of benzene rings is 2. The van der Waals surface area contributed by atoms with Crippen molar-refractivity contribution < 1.29 is 14.3 Å². The van der Waals surface area contributed by atoms with Crippen LogP contribution < -0.4 is 9.47 Å². The molecule has 0 spiro atoms. The summed E-state index contributed by atoms with van der Waals surface area (Å²) in [5.74, 6) is 1.84. The van der Waals surface area contributed by atoms with Gasteiger partial charge in [-0.25, -0.2) is 0 Å². The van der Waals surface area contributed by atoms with Gasteiger partial charge in [0.05, 0.1) is 0 Å². The molecule has 0 radical (unpaired) electrons. The van der Waals surface area contributed by atoms with Crippen LogP contribution in [0.4, 0.5) is 0 Å². The Labute approximate surface area is 211 Å². The molecule has 1 amide bonds. The van der Waals surface area contributed by atoms with E-state index in [0.29, 0.717) is 22.4 Å². The third-order valence-corrected chi connectivity index (χ3v) is 7.45. The smallest absolute Gasteiger partial charge is 0.272 e. The lowest BCUT2D eigenvalue weighted by Crippen LogP contribution is -2.47. The van der Waals surface area contributed by atoms with Gasteiger partial charge in [0.2, 0.25) is 6.79 Å². The lowest BCUT2D eigenvalue weighted by Gasteiger charge is -2.40. The molecule has 1 saturated heterocycles. The molecular weight excluding hydrogens is 462 g/mol. The average molecular weight is 492 g/mol. The van der Waals surface area contributed by atoms with E-state index in [-0.39, 0.29) is 18.7 Å². The van der Waals surface area contributed by atoms with Crippen LogP contribution in [0.2, 0.25) is 5.02 Å². The van der Waals surface area contributed by atoms with E-state index in [2.05, 4.69) is 34.1 Å². The van der Waals surface area contributed by atoms with E-state index in [4.69, 9.17) is 21.1 Å². The summed E-state index contributed by atoms with van der Waals surface area (Å²) < 4.78 is 11.0. The summed E-state index contributed by atoms with van der Waals surface area (Å²) in [6, 6.07) is 19.9. The zero-order valence-corrected chi connectivity index (χ0v) is 20.7. The fraction of sp³-hybridized carbons (Fsp3) is 0.357. The molecule has 6 nitrogen and oxygen atoms in total. The van der Waals surface area contributed by atoms with Crippen LogP contribution in [-0.4, -0.2) is 53.7 Å². The van der Waals surface area contributed by atoms with Crippen molar-refractivity contribution in [2.75, 3.05) is 26.9 Å². The largest absolute Gasteiger partial charge is 0.454 e. The number of halogens is 1. The molecule has 3 aromatic rings. The molecule has 2 aromatic carbocycles. The number of rotatable bonds is 7. The maximum Gasteiger partial charge on any atom is 0.272 e. The van der Waals surface area contributed by atoms with Crippen molar-refractivity contribution >= 4 is 17.5 Å². The summed E-state index contributed by atoms with van der Waals surface area (Å²) in [6.45, 7) is 2.92. The first-order valence-electron chi connectivity index (χ1n) is 12.1. The summed E-state index contributed by atoms with van der Waals surface area (Å²) in [4.78, 5) is 21.9. The van der Waals surface area contributed by atoms with Crippen LogP contribution in [0, 0.1) is 5.92 Å². The number of amides is 1. The molecule has 35 heavy (non-hydrogen) atoms. The van der Waals surface area contributed by atoms with Crippen molar-refractivity contribution in [2.45, 2.75) is 31.8 Å². The van der Waals surface area contributed by atoms with E-state index in [0.717, 1.165) is 50.2 Å². The van der Waals surface area contributed by atoms with Crippen LogP contribution >= 0.6 is 11.6 Å². The minimum atomic E-state index is -0.0268. The first-order chi connectivity index (χ1) is 17.1. The molecule has 0 saturated carbocycles. The SMILES string of the molecule is CN(C(=O)c1ccccn1)C(Cc1ccccc1)C1CCN(Cc2cc3c(cc2Cl)OCO3)CC1. The molecule has 2 aliphatic rings. The number of hydrogen-bond donors (Lipinski definition) is 0. The molecule has 7 heteroatoms. The topological polar surface area (TPSA) is 54.9 Å². The number of ether oxygens (including phenoxy) is 2. The van der Waals surface area contributed by atoms with Crippen LogP contribution in [0.25, 0.3) is 0 Å². The highest BCUT2D eigenvalue weighted by Crippen LogP contribution is 2.37. The number of nitrogens with zero attached hydrogens (tertiary/aromatic N) is 3. The van der Waals surface area contributed by atoms with Crippen molar-refractivity contribution in [1.29, 1.82) is 0 Å². The highest BCUT2D eigenvalue weighted by molar-refractivity contribution is 6.31. The molecule has 182 valence electrons. The van der Waals surface area contributed by atoms with E-state index in [9.17, 15) is 4.79 Å². The molecule has 0 aliphatic carbocycles. The molecule has 1 aromatic heterocycles. The van der Waals surface area contributed by atoms with Crippen LogP contribution in [0.3, 0.4) is 0 Å². The van der Waals surface area contributed by atoms with Crippen LogP contribution in [0.5, 0.6) is 11.5 Å². The van der Waals surface area contributed by atoms with Crippen molar-refractivity contribution in [3.05, 3.63) is 88.7 Å². The summed E-state index contributed by atoms with van der Waals surface area (Å²) in [6.07, 6.45) is 4.53. The van der Waals surface area contributed by atoms with Gasteiger partial charge in [-0.1, -0.05) is 48.0 Å². The predicted molar refractivity (Wildman–Crippen MR) is 136 cm³/mol. The molecule has 1 atom stereocenters. The van der Waals surface area contributed by atoms with E-state index in [1.807, 2.05) is 42.3 Å². The lowest BCUT2D eigenvalue weighted by atomic mass is 9.84. The van der Waals surface area contributed by atoms with E-state index in [1.54, 1.807) is 12.3 Å². The zero-order valence-electron chi connectivity index (χ0n) is 19.9. The number of carbonyl (C=O) groups excluding carboxylic acids is 1. The van der Waals surface area contributed by atoms with Crippen molar-refractivity contribution in [1.82, 2.24) is 14.8 Å². The van der Waals surface area contributed by atoms with Gasteiger partial charge >= 0.3 is 0 Å². The second kappa shape index (κ2) is 10.7. The Morgan fingerprint density at radius 2 is 1.80 bits per heavy atom. The highest BCUT2D eigenvalue weighted by Gasteiger charge is 2.32. The van der Waals surface area contributed by atoms with Crippen LogP contribution in [-0.2, 0) is 13.0 Å². The highest BCUT2D eigenvalue weighted by atomic mass is 35.5. The van der Waals surface area contributed by atoms with Gasteiger partial charge < -0.3 is 14.4 Å². The fourth-order valence-corrected chi connectivity index (χ4v) is 5.33. The van der Waals surface area contributed by atoms with E-state index in [1.165, 1.54) is 5.56 Å². The first kappa shape index (κ1) is 23.6. The number of fused-ring (bicyclic) bond motifs is 1. The quantitative estimate of drug-likeness (QED) is 0.462. The maximum atomic E-state index is 13.3. The lowest BCUT2D eigenvalue weighted by molar-refractivity contribution is 0.0579. The summed E-state index contributed by atoms with van der Waals surface area (Å²) in [5.41, 5.74) is 2.79. The minimum Gasteiger partial charge on any atom is -0.454 e. The Balaban J connectivity index is 1.28. The van der Waals surface area contributed by atoms with Crippen molar-refractivity contribution in [3.63, 3.8) is 0 Å². The van der Waals surface area contributed by atoms with E-state index < -0.39 is 0 Å². The minimum absolute atomic E-state index is 0.0268. The third-order valence-electron chi connectivity index (χ3n) is 7.10. The summed E-state index contributed by atoms with van der Waals surface area (Å²) >= 11 is 6.52. The fourth-order valence-electron chi connectivity index (χ4n) is 5.11. The molecule has 1 fully saturated rings. The summed E-state index contributed by atoms with van der Waals surface area (Å²) in [5, 5.41) is 0.707. The second-order valence-corrected chi connectivity index (χ2v) is 9.71. The Morgan fingerprint density at radius 3 is 2.51 bits per heavy atom. The Kier molecular flexibility index (Phi) is 7.21. The number of likely N-dealkylation sites (N-methyl/N-ethyl adjacent to an activating group) is 1. The van der Waals surface area contributed by atoms with Gasteiger partial charge in [0.25, 0.3) is 5.91 Å². The molecule has 3 heterocycles. The molecule has 0 N–H and O–H groups in total. The Hall–Kier alpha value is -3.09. The maximum absolute atomic E-state index is 13.3. The predicted octanol–water partition coefficient (Wildman–Crippen LogP) is 5.06. The van der Waals surface area contributed by atoms with Gasteiger partial charge in [-0.15, -0.1) is 0 Å². The number of aromatic nitrogens is 1. The number of likely N-dealkylation sites (tertiary alicyclic amines) is 1. The third kappa shape index (κ3) is 5.44. The molecular formula is C28H30ClN3O3. The Morgan fingerprint density at radius 1 is 1.09 bits per heavy atom. The average Bonchev–Trinajstić information content (AvgIpc) is 3.35. The normalized spacial score (nSPS) is 16.7. The monoisotopic (exact) mass is 491 g/mol. The number of hydrogen-bond acceptors (Lipinski definition) is 5. The number of pyridine rings is 1. The van der Waals surface area contributed by atoms with Gasteiger partial charge in [-0.3, -0.25) is 14.7 Å². The first-order valence-corrected chi connectivity index (χ1v) is 12.5.